The molecule has 2 heterocycles. The highest BCUT2D eigenvalue weighted by atomic mass is 15.3. The van der Waals surface area contributed by atoms with Crippen LogP contribution in [0.5, 0.6) is 0 Å². The number of aryl methyl sites for hydroxylation is 1. The van der Waals surface area contributed by atoms with Crippen LogP contribution in [0.3, 0.4) is 0 Å². The average Bonchev–Trinajstić information content (AvgIpc) is 2.74. The van der Waals surface area contributed by atoms with Gasteiger partial charge in [0.15, 0.2) is 0 Å². The SMILES string of the molecule is CC1CCC(CN)CN1CCc1ccnn1C. The van der Waals surface area contributed by atoms with E-state index in [4.69, 9.17) is 5.73 Å². The summed E-state index contributed by atoms with van der Waals surface area (Å²) in [5.74, 6) is 0.692. The highest BCUT2D eigenvalue weighted by molar-refractivity contribution is 5.00. The van der Waals surface area contributed by atoms with E-state index < -0.39 is 0 Å². The van der Waals surface area contributed by atoms with Crippen molar-refractivity contribution >= 4 is 0 Å². The van der Waals surface area contributed by atoms with Crippen molar-refractivity contribution in [1.82, 2.24) is 14.7 Å². The molecule has 1 aliphatic heterocycles. The summed E-state index contributed by atoms with van der Waals surface area (Å²) in [6.07, 6.45) is 5.53. The van der Waals surface area contributed by atoms with Crippen LogP contribution >= 0.6 is 0 Å². The van der Waals surface area contributed by atoms with E-state index in [1.807, 2.05) is 17.9 Å². The number of hydrogen-bond acceptors (Lipinski definition) is 3. The minimum Gasteiger partial charge on any atom is -0.330 e. The van der Waals surface area contributed by atoms with Crippen molar-refractivity contribution in [3.8, 4) is 0 Å². The van der Waals surface area contributed by atoms with Crippen molar-refractivity contribution in [3.05, 3.63) is 18.0 Å². The standard InChI is InChI=1S/C13H24N4/c1-11-3-4-12(9-14)10-17(11)8-6-13-5-7-15-16(13)2/h5,7,11-12H,3-4,6,8-10,14H2,1-2H3. The topological polar surface area (TPSA) is 47.1 Å². The first kappa shape index (κ1) is 12.6. The lowest BCUT2D eigenvalue weighted by Crippen LogP contribution is -2.44. The average molecular weight is 236 g/mol. The van der Waals surface area contributed by atoms with Gasteiger partial charge in [0.1, 0.15) is 0 Å². The van der Waals surface area contributed by atoms with Gasteiger partial charge in [0.05, 0.1) is 0 Å². The zero-order valence-electron chi connectivity index (χ0n) is 11.0. The summed E-state index contributed by atoms with van der Waals surface area (Å²) in [5.41, 5.74) is 7.10. The Morgan fingerprint density at radius 2 is 2.29 bits per heavy atom. The minimum atomic E-state index is 0.692. The van der Waals surface area contributed by atoms with E-state index in [-0.39, 0.29) is 0 Å². The summed E-state index contributed by atoms with van der Waals surface area (Å²) < 4.78 is 1.97. The van der Waals surface area contributed by atoms with E-state index in [2.05, 4.69) is 23.0 Å². The van der Waals surface area contributed by atoms with Crippen molar-refractivity contribution < 1.29 is 0 Å². The van der Waals surface area contributed by atoms with Crippen LogP contribution in [-0.4, -0.2) is 40.4 Å². The summed E-state index contributed by atoms with van der Waals surface area (Å²) in [6.45, 7) is 5.44. The molecule has 0 amide bonds. The van der Waals surface area contributed by atoms with E-state index in [1.165, 1.54) is 18.5 Å². The Morgan fingerprint density at radius 1 is 1.47 bits per heavy atom. The second-order valence-corrected chi connectivity index (χ2v) is 5.22. The zero-order chi connectivity index (χ0) is 12.3. The molecule has 96 valence electrons. The monoisotopic (exact) mass is 236 g/mol. The molecule has 0 spiro atoms. The van der Waals surface area contributed by atoms with E-state index in [0.29, 0.717) is 12.0 Å². The third kappa shape index (κ3) is 3.07. The number of likely N-dealkylation sites (tertiary alicyclic amines) is 1. The van der Waals surface area contributed by atoms with Gasteiger partial charge in [-0.2, -0.15) is 5.10 Å². The molecule has 17 heavy (non-hydrogen) atoms. The van der Waals surface area contributed by atoms with Crippen molar-refractivity contribution in [2.45, 2.75) is 32.2 Å². The number of rotatable bonds is 4. The highest BCUT2D eigenvalue weighted by Crippen LogP contribution is 2.21. The van der Waals surface area contributed by atoms with Crippen LogP contribution < -0.4 is 5.73 Å². The van der Waals surface area contributed by atoms with Gasteiger partial charge in [0.2, 0.25) is 0 Å². The fraction of sp³-hybridized carbons (Fsp3) is 0.769. The second-order valence-electron chi connectivity index (χ2n) is 5.22. The molecule has 0 aromatic carbocycles. The van der Waals surface area contributed by atoms with Gasteiger partial charge in [0, 0.05) is 44.5 Å². The normalized spacial score (nSPS) is 26.3. The Bertz CT molecular complexity index is 347. The molecule has 0 aliphatic carbocycles. The second kappa shape index (κ2) is 5.65. The van der Waals surface area contributed by atoms with Gasteiger partial charge in [-0.25, -0.2) is 0 Å². The summed E-state index contributed by atoms with van der Waals surface area (Å²) in [6, 6.07) is 2.81. The number of aromatic nitrogens is 2. The van der Waals surface area contributed by atoms with Crippen molar-refractivity contribution in [2.24, 2.45) is 18.7 Å². The molecule has 4 nitrogen and oxygen atoms in total. The van der Waals surface area contributed by atoms with Crippen LogP contribution in [0.15, 0.2) is 12.3 Å². The first-order valence-electron chi connectivity index (χ1n) is 6.61. The molecule has 0 saturated carbocycles. The molecular weight excluding hydrogens is 212 g/mol. The maximum Gasteiger partial charge on any atom is 0.0492 e. The molecule has 0 bridgehead atoms. The van der Waals surface area contributed by atoms with Crippen LogP contribution in [0.4, 0.5) is 0 Å². The lowest BCUT2D eigenvalue weighted by molar-refractivity contribution is 0.122. The zero-order valence-corrected chi connectivity index (χ0v) is 11.0. The molecule has 2 atom stereocenters. The van der Waals surface area contributed by atoms with Gasteiger partial charge >= 0.3 is 0 Å². The van der Waals surface area contributed by atoms with Crippen LogP contribution in [0.25, 0.3) is 0 Å². The van der Waals surface area contributed by atoms with Gasteiger partial charge in [0.25, 0.3) is 0 Å². The van der Waals surface area contributed by atoms with E-state index in [1.54, 1.807) is 0 Å². The fourth-order valence-electron chi connectivity index (χ4n) is 2.67. The molecule has 2 N–H and O–H groups in total. The Kier molecular flexibility index (Phi) is 4.18. The molecular formula is C13H24N4. The Hall–Kier alpha value is -0.870. The quantitative estimate of drug-likeness (QED) is 0.849. The van der Waals surface area contributed by atoms with Crippen LogP contribution in [0, 0.1) is 5.92 Å². The molecule has 1 aromatic rings. The van der Waals surface area contributed by atoms with E-state index in [0.717, 1.165) is 26.1 Å². The molecule has 2 rings (SSSR count). The third-order valence-corrected chi connectivity index (χ3v) is 4.02. The maximum absolute atomic E-state index is 5.78. The minimum absolute atomic E-state index is 0.692. The van der Waals surface area contributed by atoms with Gasteiger partial charge in [-0.15, -0.1) is 0 Å². The molecule has 2 unspecified atom stereocenters. The van der Waals surface area contributed by atoms with Gasteiger partial charge in [-0.05, 0) is 38.3 Å². The molecule has 1 fully saturated rings. The Morgan fingerprint density at radius 3 is 2.94 bits per heavy atom. The van der Waals surface area contributed by atoms with E-state index in [9.17, 15) is 0 Å². The molecule has 1 aromatic heterocycles. The molecule has 4 heteroatoms. The number of nitrogens with two attached hydrogens (primary N) is 1. The van der Waals surface area contributed by atoms with E-state index >= 15 is 0 Å². The largest absolute Gasteiger partial charge is 0.330 e. The van der Waals surface area contributed by atoms with Gasteiger partial charge < -0.3 is 5.73 Å². The van der Waals surface area contributed by atoms with Gasteiger partial charge in [-0.3, -0.25) is 9.58 Å². The fourth-order valence-corrected chi connectivity index (χ4v) is 2.67. The molecule has 1 saturated heterocycles. The predicted octanol–water partition coefficient (Wildman–Crippen LogP) is 1.02. The summed E-state index contributed by atoms with van der Waals surface area (Å²) in [5, 5.41) is 4.21. The van der Waals surface area contributed by atoms with Crippen LogP contribution in [0.1, 0.15) is 25.5 Å². The third-order valence-electron chi connectivity index (χ3n) is 4.02. The van der Waals surface area contributed by atoms with Crippen LogP contribution in [0.2, 0.25) is 0 Å². The smallest absolute Gasteiger partial charge is 0.0492 e. The lowest BCUT2D eigenvalue weighted by atomic mass is 9.93. The summed E-state index contributed by atoms with van der Waals surface area (Å²) in [7, 11) is 2.01. The number of hydrogen-bond donors (Lipinski definition) is 1. The maximum atomic E-state index is 5.78. The Labute approximate surface area is 104 Å². The Balaban J connectivity index is 1.87. The first-order valence-corrected chi connectivity index (χ1v) is 6.61. The van der Waals surface area contributed by atoms with Crippen molar-refractivity contribution in [3.63, 3.8) is 0 Å². The predicted molar refractivity (Wildman–Crippen MR) is 69.7 cm³/mol. The molecule has 0 radical (unpaired) electrons. The van der Waals surface area contributed by atoms with Crippen LogP contribution in [-0.2, 0) is 13.5 Å². The van der Waals surface area contributed by atoms with Gasteiger partial charge in [-0.1, -0.05) is 0 Å². The van der Waals surface area contributed by atoms with Crippen molar-refractivity contribution in [1.29, 1.82) is 0 Å². The van der Waals surface area contributed by atoms with Crippen molar-refractivity contribution in [2.75, 3.05) is 19.6 Å². The highest BCUT2D eigenvalue weighted by Gasteiger charge is 2.24. The number of piperidine rings is 1. The molecule has 1 aliphatic rings. The number of nitrogens with zero attached hydrogens (tertiary/aromatic N) is 3. The summed E-state index contributed by atoms with van der Waals surface area (Å²) in [4.78, 5) is 2.58. The lowest BCUT2D eigenvalue weighted by Gasteiger charge is -2.37. The first-order chi connectivity index (χ1) is 8.20. The summed E-state index contributed by atoms with van der Waals surface area (Å²) >= 11 is 0.